The molecule has 4 rings (SSSR count). The predicted octanol–water partition coefficient (Wildman–Crippen LogP) is 3.77. The number of carbonyl (C=O) groups excluding carboxylic acids is 1. The van der Waals surface area contributed by atoms with Crippen LogP contribution in [-0.4, -0.2) is 59.3 Å². The van der Waals surface area contributed by atoms with Crippen molar-refractivity contribution in [3.8, 4) is 0 Å². The first-order valence-corrected chi connectivity index (χ1v) is 14.9. The smallest absolute Gasteiger partial charge is 0.290 e. The zero-order valence-electron chi connectivity index (χ0n) is 19.2. The van der Waals surface area contributed by atoms with E-state index in [9.17, 15) is 21.6 Å². The molecule has 35 heavy (non-hydrogen) atoms. The normalized spacial score (nSPS) is 17.3. The van der Waals surface area contributed by atoms with Crippen LogP contribution in [0.3, 0.4) is 0 Å². The van der Waals surface area contributed by atoms with Crippen LogP contribution in [0.25, 0.3) is 0 Å². The molecule has 11 heteroatoms. The van der Waals surface area contributed by atoms with Gasteiger partial charge >= 0.3 is 0 Å². The van der Waals surface area contributed by atoms with Crippen molar-refractivity contribution in [1.82, 2.24) is 4.90 Å². The Morgan fingerprint density at radius 2 is 1.69 bits per heavy atom. The van der Waals surface area contributed by atoms with Gasteiger partial charge in [0, 0.05) is 36.8 Å². The molecule has 0 spiro atoms. The van der Waals surface area contributed by atoms with Crippen LogP contribution < -0.4 is 4.90 Å². The monoisotopic (exact) mass is 580 g/mol. The maximum absolute atomic E-state index is 13.5. The van der Waals surface area contributed by atoms with Crippen molar-refractivity contribution in [1.29, 1.82) is 0 Å². The van der Waals surface area contributed by atoms with E-state index < -0.39 is 31.6 Å². The predicted molar refractivity (Wildman–Crippen MR) is 136 cm³/mol. The van der Waals surface area contributed by atoms with Gasteiger partial charge in [0.15, 0.2) is 15.6 Å². The van der Waals surface area contributed by atoms with Crippen LogP contribution in [0.1, 0.15) is 22.5 Å². The highest BCUT2D eigenvalue weighted by atomic mass is 79.9. The zero-order chi connectivity index (χ0) is 25.4. The van der Waals surface area contributed by atoms with E-state index in [0.717, 1.165) is 15.7 Å². The standard InChI is InChI=1S/C24H25BrN2O6S2/c1-26(2)19-7-3-17(4-8-19)15-27(20-13-14-34(29,30)16-20)24(28)22-11-12-23(33-22)35(31,32)21-9-5-18(25)6-10-21/h3-12,20H,13-16H2,1-2H3/t20-/m0/s1. The van der Waals surface area contributed by atoms with Crippen LogP contribution in [0, 0.1) is 0 Å². The first kappa shape index (κ1) is 25.5. The van der Waals surface area contributed by atoms with E-state index in [2.05, 4.69) is 15.9 Å². The van der Waals surface area contributed by atoms with Gasteiger partial charge < -0.3 is 14.2 Å². The van der Waals surface area contributed by atoms with E-state index in [0.29, 0.717) is 6.42 Å². The van der Waals surface area contributed by atoms with Crippen LogP contribution in [0.4, 0.5) is 5.69 Å². The number of hydrogen-bond acceptors (Lipinski definition) is 7. The third kappa shape index (κ3) is 5.62. The van der Waals surface area contributed by atoms with Gasteiger partial charge in [-0.25, -0.2) is 16.8 Å². The number of halogens is 1. The van der Waals surface area contributed by atoms with Crippen molar-refractivity contribution < 1.29 is 26.0 Å². The SMILES string of the molecule is CN(C)c1ccc(CN(C(=O)c2ccc(S(=O)(=O)c3ccc(Br)cc3)o2)[C@H]2CCS(=O)(=O)C2)cc1. The van der Waals surface area contributed by atoms with Gasteiger partial charge in [-0.15, -0.1) is 0 Å². The highest BCUT2D eigenvalue weighted by Gasteiger charge is 2.36. The molecule has 8 nitrogen and oxygen atoms in total. The second kappa shape index (κ2) is 9.79. The first-order chi connectivity index (χ1) is 16.5. The molecule has 1 aliphatic heterocycles. The number of nitrogens with zero attached hydrogens (tertiary/aromatic N) is 2. The first-order valence-electron chi connectivity index (χ1n) is 10.8. The molecule has 3 aromatic rings. The third-order valence-electron chi connectivity index (χ3n) is 5.90. The summed E-state index contributed by atoms with van der Waals surface area (Å²) in [6, 6.07) is 15.7. The van der Waals surface area contributed by atoms with Crippen molar-refractivity contribution in [2.75, 3.05) is 30.5 Å². The summed E-state index contributed by atoms with van der Waals surface area (Å²) in [5.41, 5.74) is 1.81. The average molecular weight is 582 g/mol. The Morgan fingerprint density at radius 3 is 2.26 bits per heavy atom. The minimum atomic E-state index is -3.96. The fourth-order valence-corrected chi connectivity index (χ4v) is 7.10. The molecule has 186 valence electrons. The summed E-state index contributed by atoms with van der Waals surface area (Å²) in [7, 11) is -3.37. The Bertz CT molecular complexity index is 1430. The number of hydrogen-bond donors (Lipinski definition) is 0. The summed E-state index contributed by atoms with van der Waals surface area (Å²) in [6.45, 7) is 0.169. The van der Waals surface area contributed by atoms with Crippen molar-refractivity contribution in [2.45, 2.75) is 29.0 Å². The number of carbonyl (C=O) groups is 1. The zero-order valence-corrected chi connectivity index (χ0v) is 22.4. The molecule has 2 aromatic carbocycles. The molecule has 1 atom stereocenters. The van der Waals surface area contributed by atoms with Crippen LogP contribution in [0.5, 0.6) is 0 Å². The Morgan fingerprint density at radius 1 is 1.03 bits per heavy atom. The molecule has 0 saturated carbocycles. The van der Waals surface area contributed by atoms with Crippen molar-refractivity contribution in [3.63, 3.8) is 0 Å². The minimum Gasteiger partial charge on any atom is -0.439 e. The van der Waals surface area contributed by atoms with Crippen molar-refractivity contribution in [3.05, 3.63) is 76.5 Å². The number of anilines is 1. The lowest BCUT2D eigenvalue weighted by Crippen LogP contribution is -2.40. The summed E-state index contributed by atoms with van der Waals surface area (Å²) in [5, 5.41) is -0.350. The Balaban J connectivity index is 1.63. The second-order valence-corrected chi connectivity index (χ2v) is 13.7. The molecule has 0 radical (unpaired) electrons. The van der Waals surface area contributed by atoms with E-state index in [-0.39, 0.29) is 33.8 Å². The molecular weight excluding hydrogens is 556 g/mol. The topological polar surface area (TPSA) is 105 Å². The lowest BCUT2D eigenvalue weighted by molar-refractivity contribution is 0.0642. The molecule has 1 fully saturated rings. The maximum atomic E-state index is 13.5. The fourth-order valence-electron chi connectivity index (χ4n) is 3.94. The minimum absolute atomic E-state index is 0.00235. The van der Waals surface area contributed by atoms with E-state index in [4.69, 9.17) is 4.42 Å². The molecular formula is C24H25BrN2O6S2. The third-order valence-corrected chi connectivity index (χ3v) is 9.82. The Kier molecular flexibility index (Phi) is 7.12. The van der Waals surface area contributed by atoms with Gasteiger partial charge in [0.05, 0.1) is 16.4 Å². The van der Waals surface area contributed by atoms with E-state index in [1.54, 1.807) is 12.1 Å². The van der Waals surface area contributed by atoms with E-state index in [1.807, 2.05) is 43.3 Å². The van der Waals surface area contributed by atoms with E-state index >= 15 is 0 Å². The molecule has 1 aromatic heterocycles. The number of rotatable bonds is 7. The molecule has 1 aliphatic rings. The van der Waals surface area contributed by atoms with Crippen LogP contribution in [0.15, 0.2) is 79.5 Å². The highest BCUT2D eigenvalue weighted by Crippen LogP contribution is 2.27. The molecule has 0 unspecified atom stereocenters. The fraction of sp³-hybridized carbons (Fsp3) is 0.292. The Labute approximate surface area is 213 Å². The molecule has 0 aliphatic carbocycles. The van der Waals surface area contributed by atoms with Gasteiger partial charge in [-0.05, 0) is 60.5 Å². The molecule has 0 N–H and O–H groups in total. The molecule has 0 bridgehead atoms. The number of furan rings is 1. The summed E-state index contributed by atoms with van der Waals surface area (Å²) in [5.74, 6) is -0.849. The summed E-state index contributed by atoms with van der Waals surface area (Å²) in [4.78, 5) is 16.9. The van der Waals surface area contributed by atoms with E-state index in [1.165, 1.54) is 29.2 Å². The van der Waals surface area contributed by atoms with Gasteiger partial charge in [0.2, 0.25) is 14.9 Å². The highest BCUT2D eigenvalue weighted by molar-refractivity contribution is 9.10. The molecule has 1 saturated heterocycles. The summed E-state index contributed by atoms with van der Waals surface area (Å²) >= 11 is 3.27. The number of amides is 1. The van der Waals surface area contributed by atoms with Crippen LogP contribution >= 0.6 is 15.9 Å². The van der Waals surface area contributed by atoms with Crippen LogP contribution in [0.2, 0.25) is 0 Å². The van der Waals surface area contributed by atoms with Gasteiger partial charge in [-0.2, -0.15) is 0 Å². The summed E-state index contributed by atoms with van der Waals surface area (Å²) < 4.78 is 56.5. The number of benzene rings is 2. The van der Waals surface area contributed by atoms with Gasteiger partial charge in [-0.1, -0.05) is 28.1 Å². The van der Waals surface area contributed by atoms with Crippen molar-refractivity contribution >= 4 is 47.2 Å². The van der Waals surface area contributed by atoms with Crippen LogP contribution in [-0.2, 0) is 26.2 Å². The second-order valence-electron chi connectivity index (χ2n) is 8.63. The lowest BCUT2D eigenvalue weighted by atomic mass is 10.1. The van der Waals surface area contributed by atoms with Gasteiger partial charge in [0.25, 0.3) is 5.91 Å². The lowest BCUT2D eigenvalue weighted by Gasteiger charge is -2.28. The quantitative estimate of drug-likeness (QED) is 0.419. The molecule has 2 heterocycles. The van der Waals surface area contributed by atoms with Crippen molar-refractivity contribution in [2.24, 2.45) is 0 Å². The summed E-state index contributed by atoms with van der Waals surface area (Å²) in [6.07, 6.45) is 0.314. The largest absolute Gasteiger partial charge is 0.439 e. The average Bonchev–Trinajstić information content (AvgIpc) is 3.45. The maximum Gasteiger partial charge on any atom is 0.290 e. The van der Waals surface area contributed by atoms with Gasteiger partial charge in [-0.3, -0.25) is 4.79 Å². The number of sulfone groups is 2. The van der Waals surface area contributed by atoms with Gasteiger partial charge in [0.1, 0.15) is 0 Å². The molecule has 1 amide bonds. The Hall–Kier alpha value is -2.63.